The molecule has 0 aromatic rings. The van der Waals surface area contributed by atoms with E-state index in [1.54, 1.807) is 0 Å². The monoisotopic (exact) mass is 338 g/mol. The van der Waals surface area contributed by atoms with Crippen LogP contribution in [0.3, 0.4) is 0 Å². The van der Waals surface area contributed by atoms with Crippen LogP contribution in [-0.2, 0) is 0 Å². The normalized spacial score (nSPS) is 10.8. The molecule has 0 aliphatic rings. The lowest BCUT2D eigenvalue weighted by molar-refractivity contribution is 0.153. The summed E-state index contributed by atoms with van der Waals surface area (Å²) in [5.74, 6) is 6.16. The molecule has 0 aliphatic carbocycles. The van der Waals surface area contributed by atoms with Gasteiger partial charge in [0.25, 0.3) is 0 Å². The van der Waals surface area contributed by atoms with E-state index < -0.39 is 0 Å². The van der Waals surface area contributed by atoms with E-state index in [4.69, 9.17) is 10.2 Å². The summed E-state index contributed by atoms with van der Waals surface area (Å²) in [6.07, 6.45) is 21.0. The summed E-state index contributed by atoms with van der Waals surface area (Å²) in [4.78, 5) is 0. The molecule has 0 radical (unpaired) electrons. The van der Waals surface area contributed by atoms with Crippen molar-refractivity contribution in [3.05, 3.63) is 0 Å². The molecular formula is C22H42O2. The summed E-state index contributed by atoms with van der Waals surface area (Å²) < 4.78 is 0. The summed E-state index contributed by atoms with van der Waals surface area (Å²) in [5.41, 5.74) is 0. The minimum atomic E-state index is -0.0613. The third-order valence-electron chi connectivity index (χ3n) is 4.69. The number of unbranched alkanes of at least 4 members (excludes halogenated alkanes) is 14. The van der Waals surface area contributed by atoms with Crippen LogP contribution in [0.2, 0.25) is 0 Å². The molecule has 0 aromatic heterocycles. The highest BCUT2D eigenvalue weighted by molar-refractivity contribution is 4.99. The standard InChI is InChI=1S/C22H42O2/c1-2-3-4-5-6-7-8-9-10-11-12-13-14-15-16-17-18-19-22(20-23)21-24/h22-24H,2-16,19-21H2,1H3. The fraction of sp³-hybridized carbons (Fsp3) is 0.909. The van der Waals surface area contributed by atoms with E-state index in [1.165, 1.54) is 89.9 Å². The van der Waals surface area contributed by atoms with Crippen molar-refractivity contribution in [1.82, 2.24) is 0 Å². The number of hydrogen-bond acceptors (Lipinski definition) is 2. The Bertz CT molecular complexity index is 286. The lowest BCUT2D eigenvalue weighted by atomic mass is 10.0. The summed E-state index contributed by atoms with van der Waals surface area (Å²) in [5, 5.41) is 17.9. The van der Waals surface area contributed by atoms with E-state index in [9.17, 15) is 0 Å². The van der Waals surface area contributed by atoms with Crippen molar-refractivity contribution >= 4 is 0 Å². The van der Waals surface area contributed by atoms with Crippen LogP contribution in [0.5, 0.6) is 0 Å². The van der Waals surface area contributed by atoms with E-state index >= 15 is 0 Å². The van der Waals surface area contributed by atoms with Crippen LogP contribution in [-0.4, -0.2) is 23.4 Å². The third-order valence-corrected chi connectivity index (χ3v) is 4.69. The second-order valence-corrected chi connectivity index (χ2v) is 7.14. The molecule has 0 saturated carbocycles. The van der Waals surface area contributed by atoms with Crippen molar-refractivity contribution in [2.24, 2.45) is 5.92 Å². The lowest BCUT2D eigenvalue weighted by Gasteiger charge is -2.04. The number of aliphatic hydroxyl groups is 2. The largest absolute Gasteiger partial charge is 0.396 e. The van der Waals surface area contributed by atoms with Gasteiger partial charge in [0, 0.05) is 32.0 Å². The maximum Gasteiger partial charge on any atom is 0.0490 e. The summed E-state index contributed by atoms with van der Waals surface area (Å²) >= 11 is 0. The van der Waals surface area contributed by atoms with Crippen LogP contribution < -0.4 is 0 Å². The molecule has 0 atom stereocenters. The first-order valence-corrected chi connectivity index (χ1v) is 10.5. The van der Waals surface area contributed by atoms with Gasteiger partial charge in [0.15, 0.2) is 0 Å². The molecule has 0 spiro atoms. The fourth-order valence-electron chi connectivity index (χ4n) is 2.90. The van der Waals surface area contributed by atoms with Gasteiger partial charge in [-0.2, -0.15) is 0 Å². The zero-order chi connectivity index (χ0) is 17.7. The van der Waals surface area contributed by atoms with Crippen molar-refractivity contribution < 1.29 is 10.2 Å². The first kappa shape index (κ1) is 23.5. The minimum absolute atomic E-state index is 0.0318. The molecule has 0 amide bonds. The highest BCUT2D eigenvalue weighted by Crippen LogP contribution is 2.13. The van der Waals surface area contributed by atoms with Crippen molar-refractivity contribution in [2.45, 2.75) is 110 Å². The van der Waals surface area contributed by atoms with Crippen LogP contribution in [0.25, 0.3) is 0 Å². The Morgan fingerprint density at radius 3 is 1.42 bits per heavy atom. The molecule has 142 valence electrons. The Kier molecular flexibility index (Phi) is 20.1. The zero-order valence-corrected chi connectivity index (χ0v) is 16.2. The number of aliphatic hydroxyl groups excluding tert-OH is 2. The smallest absolute Gasteiger partial charge is 0.0490 e. The van der Waals surface area contributed by atoms with Crippen molar-refractivity contribution in [3.63, 3.8) is 0 Å². The molecule has 0 unspecified atom stereocenters. The van der Waals surface area contributed by atoms with Gasteiger partial charge in [-0.15, -0.1) is 11.8 Å². The van der Waals surface area contributed by atoms with Gasteiger partial charge in [-0.3, -0.25) is 0 Å². The van der Waals surface area contributed by atoms with Crippen LogP contribution in [0.4, 0.5) is 0 Å². The van der Waals surface area contributed by atoms with Gasteiger partial charge < -0.3 is 10.2 Å². The van der Waals surface area contributed by atoms with Gasteiger partial charge in [0.2, 0.25) is 0 Å². The van der Waals surface area contributed by atoms with Crippen molar-refractivity contribution in [2.75, 3.05) is 13.2 Å². The van der Waals surface area contributed by atoms with Gasteiger partial charge in [-0.25, -0.2) is 0 Å². The predicted octanol–water partition coefficient (Wildman–Crippen LogP) is 5.85. The fourth-order valence-corrected chi connectivity index (χ4v) is 2.90. The molecular weight excluding hydrogens is 296 g/mol. The Labute approximate surface area is 151 Å². The van der Waals surface area contributed by atoms with Gasteiger partial charge in [0.05, 0.1) is 0 Å². The zero-order valence-electron chi connectivity index (χ0n) is 16.2. The Morgan fingerprint density at radius 2 is 1.00 bits per heavy atom. The SMILES string of the molecule is CCCCCCCCCCCCCCCCC#CCC(CO)CO. The molecule has 0 saturated heterocycles. The molecule has 0 aromatic carbocycles. The highest BCUT2D eigenvalue weighted by Gasteiger charge is 2.01. The minimum Gasteiger partial charge on any atom is -0.396 e. The van der Waals surface area contributed by atoms with Gasteiger partial charge in [0.1, 0.15) is 0 Å². The van der Waals surface area contributed by atoms with Crippen molar-refractivity contribution in [3.8, 4) is 11.8 Å². The van der Waals surface area contributed by atoms with E-state index in [0.29, 0.717) is 6.42 Å². The predicted molar refractivity (Wildman–Crippen MR) is 105 cm³/mol. The van der Waals surface area contributed by atoms with E-state index in [1.807, 2.05) is 0 Å². The third kappa shape index (κ3) is 17.8. The van der Waals surface area contributed by atoms with Crippen molar-refractivity contribution in [1.29, 1.82) is 0 Å². The number of hydrogen-bond donors (Lipinski definition) is 2. The van der Waals surface area contributed by atoms with Gasteiger partial charge in [-0.1, -0.05) is 90.4 Å². The molecule has 24 heavy (non-hydrogen) atoms. The van der Waals surface area contributed by atoms with Gasteiger partial charge in [-0.05, 0) is 6.42 Å². The second-order valence-electron chi connectivity index (χ2n) is 7.14. The first-order chi connectivity index (χ1) is 11.8. The van der Waals surface area contributed by atoms with Gasteiger partial charge >= 0.3 is 0 Å². The summed E-state index contributed by atoms with van der Waals surface area (Å²) in [6, 6.07) is 0. The Balaban J connectivity index is 3.14. The molecule has 0 aliphatic heterocycles. The molecule has 0 fully saturated rings. The van der Waals surface area contributed by atoms with Crippen LogP contribution in [0.15, 0.2) is 0 Å². The second kappa shape index (κ2) is 20.5. The molecule has 0 heterocycles. The van der Waals surface area contributed by atoms with Crippen LogP contribution in [0, 0.1) is 17.8 Å². The van der Waals surface area contributed by atoms with Crippen LogP contribution >= 0.6 is 0 Å². The number of rotatable bonds is 17. The molecule has 0 bridgehead atoms. The van der Waals surface area contributed by atoms with E-state index in [2.05, 4.69) is 18.8 Å². The van der Waals surface area contributed by atoms with E-state index in [0.717, 1.165) is 6.42 Å². The van der Waals surface area contributed by atoms with E-state index in [-0.39, 0.29) is 19.1 Å². The van der Waals surface area contributed by atoms with Crippen LogP contribution in [0.1, 0.15) is 110 Å². The molecule has 0 rings (SSSR count). The Hall–Kier alpha value is -0.520. The molecule has 2 heteroatoms. The summed E-state index contributed by atoms with van der Waals surface area (Å²) in [7, 11) is 0. The first-order valence-electron chi connectivity index (χ1n) is 10.5. The quantitative estimate of drug-likeness (QED) is 0.258. The average Bonchev–Trinajstić information content (AvgIpc) is 2.61. The molecule has 2 nitrogen and oxygen atoms in total. The summed E-state index contributed by atoms with van der Waals surface area (Å²) in [6.45, 7) is 2.34. The molecule has 2 N–H and O–H groups in total. The topological polar surface area (TPSA) is 40.5 Å². The highest BCUT2D eigenvalue weighted by atomic mass is 16.3. The Morgan fingerprint density at radius 1 is 0.583 bits per heavy atom. The average molecular weight is 339 g/mol. The maximum atomic E-state index is 8.93. The maximum absolute atomic E-state index is 8.93. The lowest BCUT2D eigenvalue weighted by Crippen LogP contribution is -2.09.